The second kappa shape index (κ2) is 9.36. The molecule has 1 amide bonds. The molecule has 0 spiro atoms. The van der Waals surface area contributed by atoms with E-state index >= 15 is 0 Å². The molecule has 0 aliphatic rings. The predicted octanol–water partition coefficient (Wildman–Crippen LogP) is 4.38. The van der Waals surface area contributed by atoms with Gasteiger partial charge in [-0.1, -0.05) is 54.2 Å². The summed E-state index contributed by atoms with van der Waals surface area (Å²) in [6.07, 6.45) is 0. The first-order valence-corrected chi connectivity index (χ1v) is 10.5. The second-order valence-corrected chi connectivity index (χ2v) is 7.47. The summed E-state index contributed by atoms with van der Waals surface area (Å²) < 4.78 is 7.11. The van der Waals surface area contributed by atoms with Crippen molar-refractivity contribution >= 4 is 23.4 Å². The molecule has 0 unspecified atom stereocenters. The number of ether oxygens (including phenoxy) is 1. The highest BCUT2D eigenvalue weighted by Crippen LogP contribution is 2.32. The quantitative estimate of drug-likeness (QED) is 0.421. The molecule has 4 rings (SSSR count). The molecule has 1 heterocycles. The minimum absolute atomic E-state index is 0.109. The molecule has 0 saturated heterocycles. The molecule has 31 heavy (non-hydrogen) atoms. The zero-order chi connectivity index (χ0) is 21.6. The number of carbonyl (C=O) groups is 1. The summed E-state index contributed by atoms with van der Waals surface area (Å²) in [5, 5.41) is 22.3. The van der Waals surface area contributed by atoms with E-state index < -0.39 is 0 Å². The third-order valence-electron chi connectivity index (χ3n) is 4.51. The molecular formula is C23H20N4O3S. The van der Waals surface area contributed by atoms with Crippen LogP contribution in [0.25, 0.3) is 17.1 Å². The fraction of sp³-hybridized carbons (Fsp3) is 0.0870. The predicted molar refractivity (Wildman–Crippen MR) is 121 cm³/mol. The van der Waals surface area contributed by atoms with Crippen LogP contribution in [-0.2, 0) is 4.79 Å². The molecule has 156 valence electrons. The van der Waals surface area contributed by atoms with Gasteiger partial charge in [-0.25, -0.2) is 0 Å². The van der Waals surface area contributed by atoms with E-state index in [0.29, 0.717) is 28.0 Å². The number of phenols is 1. The molecule has 1 aromatic heterocycles. The number of carbonyl (C=O) groups excluding carboxylic acids is 1. The van der Waals surface area contributed by atoms with Crippen LogP contribution >= 0.6 is 11.8 Å². The number of aromatic nitrogens is 3. The van der Waals surface area contributed by atoms with Crippen molar-refractivity contribution in [2.45, 2.75) is 5.16 Å². The Bertz CT molecular complexity index is 1190. The average Bonchev–Trinajstić information content (AvgIpc) is 3.22. The van der Waals surface area contributed by atoms with Gasteiger partial charge in [0, 0.05) is 5.69 Å². The van der Waals surface area contributed by atoms with Crippen molar-refractivity contribution < 1.29 is 14.6 Å². The highest BCUT2D eigenvalue weighted by Gasteiger charge is 2.19. The van der Waals surface area contributed by atoms with Crippen LogP contribution in [0.4, 0.5) is 5.69 Å². The zero-order valence-corrected chi connectivity index (χ0v) is 17.5. The molecule has 0 radical (unpaired) electrons. The minimum atomic E-state index is -0.193. The number of methoxy groups -OCH3 is 1. The Kier molecular flexibility index (Phi) is 6.18. The SMILES string of the molecule is COc1ccccc1NC(=O)CSc1nnc(-c2ccccc2O)n1-c1ccccc1. The Balaban J connectivity index is 1.60. The summed E-state index contributed by atoms with van der Waals surface area (Å²) >= 11 is 1.26. The van der Waals surface area contributed by atoms with E-state index in [1.165, 1.54) is 11.8 Å². The van der Waals surface area contributed by atoms with Crippen LogP contribution < -0.4 is 10.1 Å². The fourth-order valence-electron chi connectivity index (χ4n) is 3.07. The lowest BCUT2D eigenvalue weighted by Crippen LogP contribution is -2.15. The van der Waals surface area contributed by atoms with Crippen LogP contribution in [0.1, 0.15) is 0 Å². The average molecular weight is 433 g/mol. The highest BCUT2D eigenvalue weighted by molar-refractivity contribution is 7.99. The lowest BCUT2D eigenvalue weighted by Gasteiger charge is -2.12. The highest BCUT2D eigenvalue weighted by atomic mass is 32.2. The molecule has 0 aliphatic carbocycles. The van der Waals surface area contributed by atoms with E-state index in [1.807, 2.05) is 53.1 Å². The van der Waals surface area contributed by atoms with Crippen molar-refractivity contribution in [2.75, 3.05) is 18.2 Å². The van der Waals surface area contributed by atoms with Crippen LogP contribution in [-0.4, -0.2) is 38.6 Å². The summed E-state index contributed by atoms with van der Waals surface area (Å²) in [5.74, 6) is 1.13. The van der Waals surface area contributed by atoms with Gasteiger partial charge in [0.05, 0.1) is 24.1 Å². The lowest BCUT2D eigenvalue weighted by molar-refractivity contribution is -0.113. The summed E-state index contributed by atoms with van der Waals surface area (Å²) in [7, 11) is 1.56. The maximum absolute atomic E-state index is 12.5. The number of thioether (sulfide) groups is 1. The van der Waals surface area contributed by atoms with Crippen LogP contribution in [0, 0.1) is 0 Å². The molecule has 0 fully saturated rings. The number of benzene rings is 3. The first-order chi connectivity index (χ1) is 15.2. The maximum Gasteiger partial charge on any atom is 0.234 e. The number of rotatable bonds is 7. The Morgan fingerprint density at radius 1 is 1.00 bits per heavy atom. The van der Waals surface area contributed by atoms with E-state index in [4.69, 9.17) is 4.74 Å². The lowest BCUT2D eigenvalue weighted by atomic mass is 10.2. The molecule has 2 N–H and O–H groups in total. The zero-order valence-electron chi connectivity index (χ0n) is 16.7. The van der Waals surface area contributed by atoms with Gasteiger partial charge in [-0.15, -0.1) is 10.2 Å². The number of anilines is 1. The van der Waals surface area contributed by atoms with Crippen molar-refractivity contribution in [1.29, 1.82) is 0 Å². The Hall–Kier alpha value is -3.78. The number of para-hydroxylation sites is 4. The monoisotopic (exact) mass is 432 g/mol. The number of nitrogens with one attached hydrogen (secondary N) is 1. The van der Waals surface area contributed by atoms with Crippen LogP contribution in [0.2, 0.25) is 0 Å². The number of aromatic hydroxyl groups is 1. The molecule has 7 nitrogen and oxygen atoms in total. The van der Waals surface area contributed by atoms with Gasteiger partial charge in [0.2, 0.25) is 5.91 Å². The first-order valence-electron chi connectivity index (χ1n) is 9.52. The van der Waals surface area contributed by atoms with Crippen molar-refractivity contribution in [3.05, 3.63) is 78.9 Å². The van der Waals surface area contributed by atoms with Gasteiger partial charge in [0.15, 0.2) is 11.0 Å². The number of hydrogen-bond acceptors (Lipinski definition) is 6. The third-order valence-corrected chi connectivity index (χ3v) is 5.44. The summed E-state index contributed by atoms with van der Waals surface area (Å²) in [6.45, 7) is 0. The van der Waals surface area contributed by atoms with E-state index in [-0.39, 0.29) is 17.4 Å². The smallest absolute Gasteiger partial charge is 0.234 e. The Labute approximate surface area is 183 Å². The largest absolute Gasteiger partial charge is 0.507 e. The van der Waals surface area contributed by atoms with Crippen LogP contribution in [0.5, 0.6) is 11.5 Å². The number of amides is 1. The minimum Gasteiger partial charge on any atom is -0.507 e. The molecule has 0 atom stereocenters. The van der Waals surface area contributed by atoms with Gasteiger partial charge >= 0.3 is 0 Å². The van der Waals surface area contributed by atoms with E-state index in [2.05, 4.69) is 15.5 Å². The van der Waals surface area contributed by atoms with Gasteiger partial charge in [-0.2, -0.15) is 0 Å². The summed E-state index contributed by atoms with van der Waals surface area (Å²) in [4.78, 5) is 12.5. The molecule has 3 aromatic carbocycles. The van der Waals surface area contributed by atoms with Crippen molar-refractivity contribution in [1.82, 2.24) is 14.8 Å². The van der Waals surface area contributed by atoms with Crippen molar-refractivity contribution in [3.8, 4) is 28.6 Å². The topological polar surface area (TPSA) is 89.3 Å². The molecule has 0 aliphatic heterocycles. The van der Waals surface area contributed by atoms with Gasteiger partial charge < -0.3 is 15.2 Å². The van der Waals surface area contributed by atoms with Crippen molar-refractivity contribution in [3.63, 3.8) is 0 Å². The number of hydrogen-bond donors (Lipinski definition) is 2. The van der Waals surface area contributed by atoms with E-state index in [9.17, 15) is 9.90 Å². The van der Waals surface area contributed by atoms with E-state index in [0.717, 1.165) is 5.69 Å². The Morgan fingerprint density at radius 2 is 1.71 bits per heavy atom. The molecule has 0 saturated carbocycles. The Morgan fingerprint density at radius 3 is 2.48 bits per heavy atom. The maximum atomic E-state index is 12.5. The van der Waals surface area contributed by atoms with Gasteiger partial charge in [-0.05, 0) is 36.4 Å². The normalized spacial score (nSPS) is 10.6. The third kappa shape index (κ3) is 4.54. The molecule has 0 bridgehead atoms. The standard InChI is InChI=1S/C23H20N4O3S/c1-30-20-14-8-6-12-18(20)24-21(29)15-31-23-26-25-22(17-11-5-7-13-19(17)28)27(23)16-9-3-2-4-10-16/h2-14,28H,15H2,1H3,(H,24,29). The number of nitrogens with zero attached hydrogens (tertiary/aromatic N) is 3. The van der Waals surface area contributed by atoms with E-state index in [1.54, 1.807) is 37.4 Å². The van der Waals surface area contributed by atoms with Crippen LogP contribution in [0.15, 0.2) is 84.0 Å². The van der Waals surface area contributed by atoms with Gasteiger partial charge in [-0.3, -0.25) is 9.36 Å². The summed E-state index contributed by atoms with van der Waals surface area (Å²) in [6, 6.07) is 23.8. The second-order valence-electron chi connectivity index (χ2n) is 6.53. The van der Waals surface area contributed by atoms with Crippen molar-refractivity contribution in [2.24, 2.45) is 0 Å². The van der Waals surface area contributed by atoms with Gasteiger partial charge in [0.25, 0.3) is 0 Å². The molecular weight excluding hydrogens is 412 g/mol. The van der Waals surface area contributed by atoms with Gasteiger partial charge in [0.1, 0.15) is 11.5 Å². The summed E-state index contributed by atoms with van der Waals surface area (Å²) in [5.41, 5.74) is 2.00. The fourth-order valence-corrected chi connectivity index (χ4v) is 3.83. The molecule has 4 aromatic rings. The number of phenolic OH excluding ortho intramolecular Hbond substituents is 1. The first kappa shape index (κ1) is 20.5. The molecule has 8 heteroatoms. The van der Waals surface area contributed by atoms with Crippen LogP contribution in [0.3, 0.4) is 0 Å².